The summed E-state index contributed by atoms with van der Waals surface area (Å²) in [5.74, 6) is 0.328. The Kier molecular flexibility index (Phi) is 3.76. The van der Waals surface area contributed by atoms with Crippen LogP contribution in [0.5, 0.6) is 5.75 Å². The van der Waals surface area contributed by atoms with Crippen LogP contribution in [0.1, 0.15) is 16.1 Å². The topological polar surface area (TPSA) is 44.3 Å². The molecule has 0 aliphatic carbocycles. The number of thiazole rings is 1. The molecule has 0 fully saturated rings. The van der Waals surface area contributed by atoms with E-state index in [2.05, 4.69) is 4.57 Å². The number of aromatic hydroxyl groups is 1. The molecule has 2 rings (SSSR count). The Balaban J connectivity index is 2.22. The predicted molar refractivity (Wildman–Crippen MR) is 67.2 cm³/mol. The van der Waals surface area contributed by atoms with Crippen molar-refractivity contribution in [2.24, 2.45) is 0 Å². The summed E-state index contributed by atoms with van der Waals surface area (Å²) in [6.07, 6.45) is 0.699. The first-order valence-corrected chi connectivity index (χ1v) is 6.44. The molecule has 4 heteroatoms. The quantitative estimate of drug-likeness (QED) is 0.810. The first-order valence-electron chi connectivity index (χ1n) is 5.56. The SMILES string of the molecule is Cc1c(CCO)sc[n+]1Cc1ccccc1O. The second kappa shape index (κ2) is 5.29. The summed E-state index contributed by atoms with van der Waals surface area (Å²) in [7, 11) is 0. The lowest BCUT2D eigenvalue weighted by molar-refractivity contribution is -0.689. The summed E-state index contributed by atoms with van der Waals surface area (Å²) < 4.78 is 2.10. The van der Waals surface area contributed by atoms with Crippen LogP contribution in [-0.4, -0.2) is 16.8 Å². The Morgan fingerprint density at radius 1 is 1.29 bits per heavy atom. The lowest BCUT2D eigenvalue weighted by Gasteiger charge is -2.00. The largest absolute Gasteiger partial charge is 0.507 e. The Labute approximate surface area is 105 Å². The van der Waals surface area contributed by atoms with Gasteiger partial charge in [-0.05, 0) is 12.1 Å². The van der Waals surface area contributed by atoms with E-state index in [4.69, 9.17) is 5.11 Å². The van der Waals surface area contributed by atoms with Crippen molar-refractivity contribution in [2.75, 3.05) is 6.61 Å². The van der Waals surface area contributed by atoms with E-state index in [1.807, 2.05) is 30.6 Å². The molecule has 1 aromatic carbocycles. The van der Waals surface area contributed by atoms with Crippen molar-refractivity contribution in [3.63, 3.8) is 0 Å². The molecule has 0 saturated heterocycles. The van der Waals surface area contributed by atoms with E-state index in [1.165, 1.54) is 4.88 Å². The zero-order valence-electron chi connectivity index (χ0n) is 9.76. The van der Waals surface area contributed by atoms with Crippen LogP contribution in [0.4, 0.5) is 0 Å². The number of aliphatic hydroxyl groups is 1. The first-order chi connectivity index (χ1) is 8.22. The van der Waals surface area contributed by atoms with Gasteiger partial charge >= 0.3 is 0 Å². The van der Waals surface area contributed by atoms with Gasteiger partial charge in [-0.15, -0.1) is 0 Å². The average molecular weight is 250 g/mol. The molecule has 1 heterocycles. The van der Waals surface area contributed by atoms with Crippen LogP contribution < -0.4 is 4.57 Å². The minimum Gasteiger partial charge on any atom is -0.507 e. The van der Waals surface area contributed by atoms with Gasteiger partial charge in [0.15, 0.2) is 12.2 Å². The average Bonchev–Trinajstić information content (AvgIpc) is 2.65. The van der Waals surface area contributed by atoms with Crippen molar-refractivity contribution in [2.45, 2.75) is 19.9 Å². The van der Waals surface area contributed by atoms with Crippen LogP contribution in [0, 0.1) is 6.92 Å². The van der Waals surface area contributed by atoms with Crippen LogP contribution in [0.15, 0.2) is 29.8 Å². The van der Waals surface area contributed by atoms with E-state index >= 15 is 0 Å². The van der Waals surface area contributed by atoms with E-state index in [1.54, 1.807) is 17.4 Å². The number of benzene rings is 1. The highest BCUT2D eigenvalue weighted by atomic mass is 32.1. The number of aliphatic hydroxyl groups excluding tert-OH is 1. The lowest BCUT2D eigenvalue weighted by Crippen LogP contribution is -2.35. The summed E-state index contributed by atoms with van der Waals surface area (Å²) in [6, 6.07) is 7.37. The molecule has 0 aliphatic rings. The van der Waals surface area contributed by atoms with Crippen molar-refractivity contribution in [1.82, 2.24) is 0 Å². The van der Waals surface area contributed by atoms with Gasteiger partial charge in [-0.2, -0.15) is 4.57 Å². The fourth-order valence-electron chi connectivity index (χ4n) is 1.78. The number of phenols is 1. The van der Waals surface area contributed by atoms with Crippen molar-refractivity contribution in [3.05, 3.63) is 45.9 Å². The molecule has 0 aliphatic heterocycles. The van der Waals surface area contributed by atoms with Crippen molar-refractivity contribution >= 4 is 11.3 Å². The van der Waals surface area contributed by atoms with Gasteiger partial charge in [0.2, 0.25) is 5.51 Å². The Hall–Kier alpha value is -1.39. The normalized spacial score (nSPS) is 10.7. The molecule has 2 aromatic rings. The van der Waals surface area contributed by atoms with Crippen LogP contribution in [-0.2, 0) is 13.0 Å². The molecule has 0 atom stereocenters. The number of nitrogens with zero attached hydrogens (tertiary/aromatic N) is 1. The van der Waals surface area contributed by atoms with Crippen LogP contribution >= 0.6 is 11.3 Å². The zero-order valence-corrected chi connectivity index (χ0v) is 10.6. The molecule has 0 saturated carbocycles. The van der Waals surface area contributed by atoms with E-state index < -0.39 is 0 Å². The van der Waals surface area contributed by atoms with E-state index in [9.17, 15) is 5.11 Å². The fraction of sp³-hybridized carbons (Fsp3) is 0.308. The molecule has 0 radical (unpaired) electrons. The highest BCUT2D eigenvalue weighted by Crippen LogP contribution is 2.17. The van der Waals surface area contributed by atoms with Gasteiger partial charge in [-0.25, -0.2) is 0 Å². The lowest BCUT2D eigenvalue weighted by atomic mass is 10.2. The van der Waals surface area contributed by atoms with Crippen LogP contribution in [0.25, 0.3) is 0 Å². The van der Waals surface area contributed by atoms with Crippen molar-refractivity contribution in [3.8, 4) is 5.75 Å². The Morgan fingerprint density at radius 3 is 2.76 bits per heavy atom. The number of phenolic OH excluding ortho intramolecular Hbond substituents is 1. The van der Waals surface area contributed by atoms with Crippen LogP contribution in [0.3, 0.4) is 0 Å². The first kappa shape index (κ1) is 12.1. The highest BCUT2D eigenvalue weighted by molar-refractivity contribution is 7.09. The molecule has 0 bridgehead atoms. The molecular weight excluding hydrogens is 234 g/mol. The number of rotatable bonds is 4. The maximum absolute atomic E-state index is 9.72. The van der Waals surface area contributed by atoms with Crippen molar-refractivity contribution < 1.29 is 14.8 Å². The Bertz CT molecular complexity index is 508. The predicted octanol–water partition coefficient (Wildman–Crippen LogP) is 1.63. The van der Waals surface area contributed by atoms with Gasteiger partial charge in [0.1, 0.15) is 5.75 Å². The molecule has 0 amide bonds. The fourth-order valence-corrected chi connectivity index (χ4v) is 2.76. The third-order valence-corrected chi connectivity index (χ3v) is 3.97. The van der Waals surface area contributed by atoms with E-state index in [-0.39, 0.29) is 6.61 Å². The van der Waals surface area contributed by atoms with Gasteiger partial charge in [0, 0.05) is 20.0 Å². The number of aromatic nitrogens is 1. The van der Waals surface area contributed by atoms with Gasteiger partial charge < -0.3 is 10.2 Å². The third-order valence-electron chi connectivity index (χ3n) is 2.83. The Morgan fingerprint density at radius 2 is 2.06 bits per heavy atom. The van der Waals surface area contributed by atoms with E-state index in [0.29, 0.717) is 18.7 Å². The van der Waals surface area contributed by atoms with Gasteiger partial charge in [-0.3, -0.25) is 0 Å². The zero-order chi connectivity index (χ0) is 12.3. The highest BCUT2D eigenvalue weighted by Gasteiger charge is 2.16. The molecule has 0 unspecified atom stereocenters. The summed E-state index contributed by atoms with van der Waals surface area (Å²) >= 11 is 1.65. The molecular formula is C13H16NO2S+. The maximum Gasteiger partial charge on any atom is 0.225 e. The minimum absolute atomic E-state index is 0.179. The van der Waals surface area contributed by atoms with Crippen LogP contribution in [0.2, 0.25) is 0 Å². The number of hydrogen-bond donors (Lipinski definition) is 2. The second-order valence-electron chi connectivity index (χ2n) is 3.96. The molecule has 2 N–H and O–H groups in total. The van der Waals surface area contributed by atoms with Gasteiger partial charge in [0.05, 0.1) is 10.4 Å². The molecule has 0 spiro atoms. The molecule has 17 heavy (non-hydrogen) atoms. The summed E-state index contributed by atoms with van der Waals surface area (Å²) in [6.45, 7) is 2.89. The maximum atomic E-state index is 9.72. The number of hydrogen-bond acceptors (Lipinski definition) is 3. The molecule has 1 aromatic heterocycles. The summed E-state index contributed by atoms with van der Waals surface area (Å²) in [4.78, 5) is 1.20. The van der Waals surface area contributed by atoms with Gasteiger partial charge in [0.25, 0.3) is 0 Å². The minimum atomic E-state index is 0.179. The third kappa shape index (κ3) is 2.65. The monoisotopic (exact) mass is 250 g/mol. The standard InChI is InChI=1S/C13H15NO2S/c1-10-13(6-7-15)17-9-14(10)8-11-4-2-3-5-12(11)16/h2-5,9,15H,6-8H2,1H3/p+1. The van der Waals surface area contributed by atoms with Crippen molar-refractivity contribution in [1.29, 1.82) is 0 Å². The molecule has 90 valence electrons. The van der Waals surface area contributed by atoms with Gasteiger partial charge in [-0.1, -0.05) is 23.5 Å². The smallest absolute Gasteiger partial charge is 0.225 e. The second-order valence-corrected chi connectivity index (χ2v) is 4.90. The summed E-state index contributed by atoms with van der Waals surface area (Å²) in [5, 5.41) is 18.7. The number of para-hydroxylation sites is 1. The van der Waals surface area contributed by atoms with E-state index in [0.717, 1.165) is 11.3 Å². The summed E-state index contributed by atoms with van der Waals surface area (Å²) in [5.41, 5.74) is 4.11. The molecule has 3 nitrogen and oxygen atoms in total.